The van der Waals surface area contributed by atoms with Gasteiger partial charge in [0.2, 0.25) is 0 Å². The van der Waals surface area contributed by atoms with Gasteiger partial charge in [-0.1, -0.05) is 6.07 Å². The highest BCUT2D eigenvalue weighted by atomic mass is 19.1. The maximum Gasteiger partial charge on any atom is 0.265 e. The third-order valence-corrected chi connectivity index (χ3v) is 3.51. The fourth-order valence-electron chi connectivity index (χ4n) is 2.17. The first-order valence-corrected chi connectivity index (χ1v) is 7.60. The van der Waals surface area contributed by atoms with Crippen LogP contribution in [-0.2, 0) is 4.79 Å². The van der Waals surface area contributed by atoms with Gasteiger partial charge in [0.15, 0.2) is 6.10 Å². The smallest absolute Gasteiger partial charge is 0.265 e. The number of anilines is 1. The molecule has 0 aliphatic heterocycles. The Morgan fingerprint density at radius 3 is 2.64 bits per heavy atom. The van der Waals surface area contributed by atoms with Gasteiger partial charge < -0.3 is 10.1 Å². The van der Waals surface area contributed by atoms with E-state index < -0.39 is 17.8 Å². The second kappa shape index (κ2) is 7.08. The number of hydrogen-bond acceptors (Lipinski definition) is 5. The van der Waals surface area contributed by atoms with Gasteiger partial charge in [-0.2, -0.15) is 0 Å². The molecule has 0 saturated heterocycles. The zero-order valence-corrected chi connectivity index (χ0v) is 13.7. The number of rotatable bonds is 5. The summed E-state index contributed by atoms with van der Waals surface area (Å²) in [5.74, 6) is -0.414. The van der Waals surface area contributed by atoms with E-state index in [1.807, 2.05) is 0 Å². The van der Waals surface area contributed by atoms with Crippen molar-refractivity contribution in [3.05, 3.63) is 60.2 Å². The fraction of sp³-hybridized carbons (Fsp3) is 0.176. The molecule has 3 rings (SSSR count). The van der Waals surface area contributed by atoms with E-state index in [1.165, 1.54) is 23.1 Å². The van der Waals surface area contributed by atoms with Crippen molar-refractivity contribution < 1.29 is 13.9 Å². The molecule has 7 nitrogen and oxygen atoms in total. The van der Waals surface area contributed by atoms with E-state index in [1.54, 1.807) is 44.2 Å². The minimum Gasteiger partial charge on any atom is -0.481 e. The summed E-state index contributed by atoms with van der Waals surface area (Å²) in [4.78, 5) is 12.2. The number of amides is 1. The monoisotopic (exact) mass is 341 g/mol. The summed E-state index contributed by atoms with van der Waals surface area (Å²) in [6.45, 7) is 3.37. The second-order valence-electron chi connectivity index (χ2n) is 5.48. The molecule has 1 heterocycles. The molecule has 0 aliphatic rings. The third kappa shape index (κ3) is 3.97. The topological polar surface area (TPSA) is 81.9 Å². The van der Waals surface area contributed by atoms with Crippen molar-refractivity contribution in [1.82, 2.24) is 20.2 Å². The van der Waals surface area contributed by atoms with E-state index >= 15 is 0 Å². The van der Waals surface area contributed by atoms with Crippen LogP contribution >= 0.6 is 0 Å². The van der Waals surface area contributed by atoms with Crippen LogP contribution in [0.4, 0.5) is 10.1 Å². The van der Waals surface area contributed by atoms with Crippen molar-refractivity contribution >= 4 is 11.6 Å². The molecule has 1 aromatic heterocycles. The van der Waals surface area contributed by atoms with Crippen LogP contribution < -0.4 is 10.1 Å². The molecule has 0 aliphatic carbocycles. The Morgan fingerprint density at radius 1 is 1.24 bits per heavy atom. The Kier molecular flexibility index (Phi) is 4.69. The molecule has 1 N–H and O–H groups in total. The molecule has 1 amide bonds. The number of aryl methyl sites for hydroxylation is 1. The van der Waals surface area contributed by atoms with Crippen molar-refractivity contribution in [3.63, 3.8) is 0 Å². The lowest BCUT2D eigenvalue weighted by Crippen LogP contribution is -2.30. The SMILES string of the molecule is Cc1ccc(NC(=O)C(C)Oc2ccc(-n3cnnn3)cc2)c(F)c1. The predicted octanol–water partition coefficient (Wildman–Crippen LogP) is 2.52. The normalized spacial score (nSPS) is 11.8. The number of hydrogen-bond donors (Lipinski definition) is 1. The van der Waals surface area contributed by atoms with E-state index in [-0.39, 0.29) is 5.69 Å². The average Bonchev–Trinajstić information content (AvgIpc) is 3.12. The molecule has 0 spiro atoms. The number of tetrazole rings is 1. The second-order valence-corrected chi connectivity index (χ2v) is 5.48. The van der Waals surface area contributed by atoms with Gasteiger partial charge in [0.25, 0.3) is 5.91 Å². The van der Waals surface area contributed by atoms with Gasteiger partial charge in [0.1, 0.15) is 17.9 Å². The maximum absolute atomic E-state index is 13.8. The average molecular weight is 341 g/mol. The molecular formula is C17H16FN5O2. The van der Waals surface area contributed by atoms with Crippen LogP contribution in [0.15, 0.2) is 48.8 Å². The predicted molar refractivity (Wildman–Crippen MR) is 89.0 cm³/mol. The standard InChI is InChI=1S/C17H16FN5O2/c1-11-3-8-16(15(18)9-11)20-17(24)12(2)25-14-6-4-13(5-7-14)23-10-19-21-22-23/h3-10,12H,1-2H3,(H,20,24). The minimum absolute atomic E-state index is 0.125. The molecule has 1 unspecified atom stereocenters. The van der Waals surface area contributed by atoms with Crippen molar-refractivity contribution in [3.8, 4) is 11.4 Å². The Morgan fingerprint density at radius 2 is 2.00 bits per heavy atom. The third-order valence-electron chi connectivity index (χ3n) is 3.51. The summed E-state index contributed by atoms with van der Waals surface area (Å²) in [6.07, 6.45) is 0.682. The number of ether oxygens (including phenoxy) is 1. The first-order chi connectivity index (χ1) is 12.0. The summed E-state index contributed by atoms with van der Waals surface area (Å²) < 4.78 is 20.9. The lowest BCUT2D eigenvalue weighted by molar-refractivity contribution is -0.122. The lowest BCUT2D eigenvalue weighted by atomic mass is 10.2. The summed E-state index contributed by atoms with van der Waals surface area (Å²) in [5, 5.41) is 13.4. The van der Waals surface area contributed by atoms with Crippen LogP contribution in [0.25, 0.3) is 5.69 Å². The molecule has 3 aromatic rings. The van der Waals surface area contributed by atoms with E-state index in [0.717, 1.165) is 11.3 Å². The molecule has 2 aromatic carbocycles. The molecule has 0 fully saturated rings. The number of halogens is 1. The van der Waals surface area contributed by atoms with Gasteiger partial charge in [0, 0.05) is 0 Å². The Bertz CT molecular complexity index is 865. The number of aromatic nitrogens is 4. The molecule has 25 heavy (non-hydrogen) atoms. The van der Waals surface area contributed by atoms with Crippen LogP contribution in [0, 0.1) is 12.7 Å². The summed E-state index contributed by atoms with van der Waals surface area (Å²) >= 11 is 0. The highest BCUT2D eigenvalue weighted by Crippen LogP contribution is 2.18. The first kappa shape index (κ1) is 16.6. The van der Waals surface area contributed by atoms with E-state index in [2.05, 4.69) is 20.8 Å². The highest BCUT2D eigenvalue weighted by molar-refractivity contribution is 5.94. The van der Waals surface area contributed by atoms with Gasteiger partial charge in [-0.25, -0.2) is 9.07 Å². The largest absolute Gasteiger partial charge is 0.481 e. The molecule has 128 valence electrons. The number of carbonyl (C=O) groups excluding carboxylic acids is 1. The number of nitrogens with one attached hydrogen (secondary N) is 1. The Hall–Kier alpha value is -3.29. The molecule has 0 bridgehead atoms. The number of benzene rings is 2. The van der Waals surface area contributed by atoms with Gasteiger partial charge >= 0.3 is 0 Å². The fourth-order valence-corrected chi connectivity index (χ4v) is 2.17. The molecule has 8 heteroatoms. The lowest BCUT2D eigenvalue weighted by Gasteiger charge is -2.15. The van der Waals surface area contributed by atoms with E-state index in [0.29, 0.717) is 5.75 Å². The van der Waals surface area contributed by atoms with E-state index in [9.17, 15) is 9.18 Å². The van der Waals surface area contributed by atoms with Crippen LogP contribution in [0.2, 0.25) is 0 Å². The van der Waals surface area contributed by atoms with Crippen LogP contribution in [0.1, 0.15) is 12.5 Å². The molecular weight excluding hydrogens is 325 g/mol. The Balaban J connectivity index is 1.63. The van der Waals surface area contributed by atoms with Crippen molar-refractivity contribution in [2.75, 3.05) is 5.32 Å². The zero-order valence-electron chi connectivity index (χ0n) is 13.7. The van der Waals surface area contributed by atoms with Crippen LogP contribution in [-0.4, -0.2) is 32.2 Å². The minimum atomic E-state index is -0.792. The van der Waals surface area contributed by atoms with Gasteiger partial charge in [-0.15, -0.1) is 5.10 Å². The van der Waals surface area contributed by atoms with Crippen molar-refractivity contribution in [2.24, 2.45) is 0 Å². The summed E-state index contributed by atoms with van der Waals surface area (Å²) in [7, 11) is 0. The van der Waals surface area contributed by atoms with Crippen molar-refractivity contribution in [1.29, 1.82) is 0 Å². The first-order valence-electron chi connectivity index (χ1n) is 7.60. The van der Waals surface area contributed by atoms with Gasteiger partial charge in [-0.3, -0.25) is 4.79 Å². The van der Waals surface area contributed by atoms with Crippen LogP contribution in [0.5, 0.6) is 5.75 Å². The van der Waals surface area contributed by atoms with Crippen molar-refractivity contribution in [2.45, 2.75) is 20.0 Å². The number of nitrogens with zero attached hydrogens (tertiary/aromatic N) is 4. The zero-order chi connectivity index (χ0) is 17.8. The highest BCUT2D eigenvalue weighted by Gasteiger charge is 2.16. The van der Waals surface area contributed by atoms with Crippen LogP contribution in [0.3, 0.4) is 0 Å². The van der Waals surface area contributed by atoms with Gasteiger partial charge in [0.05, 0.1) is 11.4 Å². The van der Waals surface area contributed by atoms with E-state index in [4.69, 9.17) is 4.74 Å². The quantitative estimate of drug-likeness (QED) is 0.771. The molecule has 1 atom stereocenters. The number of carbonyl (C=O) groups is 1. The maximum atomic E-state index is 13.8. The summed E-state index contributed by atoms with van der Waals surface area (Å²) in [6, 6.07) is 11.5. The van der Waals surface area contributed by atoms with Gasteiger partial charge in [-0.05, 0) is 66.2 Å². The summed E-state index contributed by atoms with van der Waals surface area (Å²) in [5.41, 5.74) is 1.67. The Labute approximate surface area is 143 Å². The molecule has 0 radical (unpaired) electrons. The molecule has 0 saturated carbocycles.